The van der Waals surface area contributed by atoms with Crippen LogP contribution in [-0.4, -0.2) is 24.2 Å². The molecule has 0 aliphatic carbocycles. The number of carbonyl (C=O) groups is 1. The van der Waals surface area contributed by atoms with Crippen LogP contribution < -0.4 is 0 Å². The van der Waals surface area contributed by atoms with Crippen molar-refractivity contribution in [2.24, 2.45) is 0 Å². The zero-order chi connectivity index (χ0) is 12.0. The van der Waals surface area contributed by atoms with E-state index < -0.39 is 0 Å². The van der Waals surface area contributed by atoms with Gasteiger partial charge in [-0.15, -0.1) is 11.3 Å². The molecule has 90 valence electrons. The minimum Gasteiger partial charge on any atom is -0.461 e. The van der Waals surface area contributed by atoms with Gasteiger partial charge < -0.3 is 9.47 Å². The van der Waals surface area contributed by atoms with E-state index in [0.717, 1.165) is 11.4 Å². The Hall–Kier alpha value is -0.940. The number of ether oxygens (including phenoxy) is 2. The highest BCUT2D eigenvalue weighted by Gasteiger charge is 2.17. The van der Waals surface area contributed by atoms with Crippen molar-refractivity contribution in [3.05, 3.63) is 16.1 Å². The third-order valence-electron chi connectivity index (χ3n) is 2.02. The van der Waals surface area contributed by atoms with E-state index >= 15 is 0 Å². The van der Waals surface area contributed by atoms with Crippen molar-refractivity contribution in [3.63, 3.8) is 0 Å². The van der Waals surface area contributed by atoms with Crippen LogP contribution >= 0.6 is 11.3 Å². The smallest absolute Gasteiger partial charge is 0.357 e. The molecule has 1 unspecified atom stereocenters. The first-order valence-corrected chi connectivity index (χ1v) is 6.34. The number of nitrogens with zero attached hydrogens (tertiary/aromatic N) is 1. The van der Waals surface area contributed by atoms with Crippen molar-refractivity contribution in [2.45, 2.75) is 33.3 Å². The molecule has 0 spiro atoms. The molecule has 0 saturated heterocycles. The average molecular weight is 243 g/mol. The van der Waals surface area contributed by atoms with E-state index in [-0.39, 0.29) is 12.1 Å². The average Bonchev–Trinajstić information content (AvgIpc) is 2.75. The molecular weight excluding hydrogens is 226 g/mol. The van der Waals surface area contributed by atoms with Crippen LogP contribution in [0.3, 0.4) is 0 Å². The summed E-state index contributed by atoms with van der Waals surface area (Å²) in [6, 6.07) is 0. The van der Waals surface area contributed by atoms with Crippen molar-refractivity contribution in [1.29, 1.82) is 0 Å². The van der Waals surface area contributed by atoms with E-state index in [1.165, 1.54) is 11.3 Å². The van der Waals surface area contributed by atoms with Gasteiger partial charge in [-0.3, -0.25) is 0 Å². The lowest BCUT2D eigenvalue weighted by atomic mass is 10.3. The van der Waals surface area contributed by atoms with E-state index in [1.807, 2.05) is 13.8 Å². The number of esters is 1. The molecule has 0 fully saturated rings. The zero-order valence-corrected chi connectivity index (χ0v) is 10.7. The summed E-state index contributed by atoms with van der Waals surface area (Å²) < 4.78 is 10.4. The largest absolute Gasteiger partial charge is 0.461 e. The first kappa shape index (κ1) is 13.1. The standard InChI is InChI=1S/C11H17NO3S/c1-4-9(14-5-2)10-12-8(7-16-10)11(13)15-6-3/h7,9H,4-6H2,1-3H3. The summed E-state index contributed by atoms with van der Waals surface area (Å²) >= 11 is 1.44. The Morgan fingerprint density at radius 2 is 2.19 bits per heavy atom. The van der Waals surface area contributed by atoms with Gasteiger partial charge in [0.1, 0.15) is 11.1 Å². The molecule has 4 nitrogen and oxygen atoms in total. The van der Waals surface area contributed by atoms with Crippen LogP contribution in [0.25, 0.3) is 0 Å². The van der Waals surface area contributed by atoms with Gasteiger partial charge in [0.2, 0.25) is 0 Å². The molecule has 0 saturated carbocycles. The lowest BCUT2D eigenvalue weighted by molar-refractivity contribution is 0.0511. The molecule has 5 heteroatoms. The molecule has 1 atom stereocenters. The first-order chi connectivity index (χ1) is 7.72. The summed E-state index contributed by atoms with van der Waals surface area (Å²) in [6.07, 6.45) is 0.835. The first-order valence-electron chi connectivity index (χ1n) is 5.47. The number of hydrogen-bond donors (Lipinski definition) is 0. The number of rotatable bonds is 6. The predicted octanol–water partition coefficient (Wildman–Crippen LogP) is 2.81. The highest BCUT2D eigenvalue weighted by Crippen LogP contribution is 2.24. The van der Waals surface area contributed by atoms with Crippen LogP contribution in [0.2, 0.25) is 0 Å². The minimum atomic E-state index is -0.364. The van der Waals surface area contributed by atoms with Gasteiger partial charge in [0, 0.05) is 12.0 Å². The van der Waals surface area contributed by atoms with Gasteiger partial charge in [0.25, 0.3) is 0 Å². The fraction of sp³-hybridized carbons (Fsp3) is 0.636. The summed E-state index contributed by atoms with van der Waals surface area (Å²) in [4.78, 5) is 15.6. The minimum absolute atomic E-state index is 0.0156. The van der Waals surface area contributed by atoms with Crippen molar-refractivity contribution in [2.75, 3.05) is 13.2 Å². The quantitative estimate of drug-likeness (QED) is 0.721. The number of hydrogen-bond acceptors (Lipinski definition) is 5. The molecule has 0 amide bonds. The van der Waals surface area contributed by atoms with Gasteiger partial charge in [-0.1, -0.05) is 6.92 Å². The number of aromatic nitrogens is 1. The molecule has 0 N–H and O–H groups in total. The van der Waals surface area contributed by atoms with Crippen molar-refractivity contribution < 1.29 is 14.3 Å². The molecular formula is C11H17NO3S. The van der Waals surface area contributed by atoms with E-state index in [2.05, 4.69) is 4.98 Å². The third-order valence-corrected chi connectivity index (χ3v) is 2.96. The molecule has 16 heavy (non-hydrogen) atoms. The highest BCUT2D eigenvalue weighted by atomic mass is 32.1. The Morgan fingerprint density at radius 1 is 1.44 bits per heavy atom. The predicted molar refractivity (Wildman–Crippen MR) is 62.7 cm³/mol. The van der Waals surface area contributed by atoms with Crippen LogP contribution in [0.5, 0.6) is 0 Å². The molecule has 0 bridgehead atoms. The summed E-state index contributed by atoms with van der Waals surface area (Å²) in [5.41, 5.74) is 0.375. The summed E-state index contributed by atoms with van der Waals surface area (Å²) in [7, 11) is 0. The monoisotopic (exact) mass is 243 g/mol. The van der Waals surface area contributed by atoms with Crippen molar-refractivity contribution in [3.8, 4) is 0 Å². The van der Waals surface area contributed by atoms with Crippen LogP contribution in [0, 0.1) is 0 Å². The van der Waals surface area contributed by atoms with Crippen LogP contribution in [-0.2, 0) is 9.47 Å². The van der Waals surface area contributed by atoms with E-state index in [1.54, 1.807) is 12.3 Å². The molecule has 1 heterocycles. The molecule has 0 aliphatic heterocycles. The van der Waals surface area contributed by atoms with Gasteiger partial charge in [0.05, 0.1) is 6.61 Å². The maximum Gasteiger partial charge on any atom is 0.357 e. The fourth-order valence-electron chi connectivity index (χ4n) is 1.30. The third kappa shape index (κ3) is 3.28. The maximum atomic E-state index is 11.4. The Balaban J connectivity index is 2.72. The number of thiazole rings is 1. The second-order valence-corrected chi connectivity index (χ2v) is 4.03. The molecule has 1 aromatic heterocycles. The van der Waals surface area contributed by atoms with Crippen molar-refractivity contribution in [1.82, 2.24) is 4.98 Å². The van der Waals surface area contributed by atoms with Gasteiger partial charge >= 0.3 is 5.97 Å². The lowest BCUT2D eigenvalue weighted by Gasteiger charge is -2.10. The topological polar surface area (TPSA) is 48.4 Å². The normalized spacial score (nSPS) is 12.4. The lowest BCUT2D eigenvalue weighted by Crippen LogP contribution is -2.07. The van der Waals surface area contributed by atoms with Crippen LogP contribution in [0.1, 0.15) is 48.8 Å². The Labute approximate surface area is 99.6 Å². The second-order valence-electron chi connectivity index (χ2n) is 3.14. The van der Waals surface area contributed by atoms with E-state index in [9.17, 15) is 4.79 Å². The highest BCUT2D eigenvalue weighted by molar-refractivity contribution is 7.09. The molecule has 0 radical (unpaired) electrons. The summed E-state index contributed by atoms with van der Waals surface area (Å²) in [5, 5.41) is 2.56. The van der Waals surface area contributed by atoms with Gasteiger partial charge in [-0.2, -0.15) is 0 Å². The molecule has 0 aliphatic rings. The maximum absolute atomic E-state index is 11.4. The van der Waals surface area contributed by atoms with Gasteiger partial charge in [0.15, 0.2) is 5.69 Å². The zero-order valence-electron chi connectivity index (χ0n) is 9.86. The Morgan fingerprint density at radius 3 is 2.75 bits per heavy atom. The van der Waals surface area contributed by atoms with E-state index in [4.69, 9.17) is 9.47 Å². The molecule has 1 rings (SSSR count). The number of carbonyl (C=O) groups excluding carboxylic acids is 1. The second kappa shape index (κ2) is 6.60. The Bertz CT molecular complexity index is 338. The van der Waals surface area contributed by atoms with Crippen molar-refractivity contribution >= 4 is 17.3 Å². The van der Waals surface area contributed by atoms with Crippen LogP contribution in [0.15, 0.2) is 5.38 Å². The van der Waals surface area contributed by atoms with Crippen LogP contribution in [0.4, 0.5) is 0 Å². The summed E-state index contributed by atoms with van der Waals surface area (Å²) in [6.45, 7) is 6.77. The SMILES string of the molecule is CCOC(=O)c1csc(C(CC)OCC)n1. The molecule has 1 aromatic rings. The Kier molecular flexibility index (Phi) is 5.42. The van der Waals surface area contributed by atoms with Gasteiger partial charge in [-0.25, -0.2) is 9.78 Å². The summed E-state index contributed by atoms with van der Waals surface area (Å²) in [5.74, 6) is -0.364. The molecule has 0 aromatic carbocycles. The fourth-order valence-corrected chi connectivity index (χ4v) is 2.22. The van der Waals surface area contributed by atoms with Gasteiger partial charge in [-0.05, 0) is 20.3 Å². The van der Waals surface area contributed by atoms with E-state index in [0.29, 0.717) is 18.9 Å².